The number of aromatic nitrogens is 1. The van der Waals surface area contributed by atoms with E-state index in [1.165, 1.54) is 16.2 Å². The van der Waals surface area contributed by atoms with Crippen molar-refractivity contribution in [3.63, 3.8) is 0 Å². The number of nitrogen functional groups attached to an aromatic ring is 1. The monoisotopic (exact) mass is 488 g/mol. The Morgan fingerprint density at radius 3 is 2.56 bits per heavy atom. The maximum atomic E-state index is 13.2. The normalized spacial score (nSPS) is 12.8. The van der Waals surface area contributed by atoms with Gasteiger partial charge >= 0.3 is 0 Å². The molecule has 1 aromatic carbocycles. The van der Waals surface area contributed by atoms with Crippen LogP contribution in [0.1, 0.15) is 50.2 Å². The molecule has 0 spiro atoms. The number of rotatable bonds is 6. The summed E-state index contributed by atoms with van der Waals surface area (Å²) in [6.45, 7) is 2.40. The molecule has 168 valence electrons. The summed E-state index contributed by atoms with van der Waals surface area (Å²) in [5.41, 5.74) is 8.73. The third kappa shape index (κ3) is 4.17. The van der Waals surface area contributed by atoms with Crippen molar-refractivity contribution in [2.75, 3.05) is 24.7 Å². The van der Waals surface area contributed by atoms with Crippen LogP contribution in [0.2, 0.25) is 0 Å². The number of aryl methyl sites for hydroxylation is 1. The highest BCUT2D eigenvalue weighted by Gasteiger charge is 2.27. The van der Waals surface area contributed by atoms with E-state index in [4.69, 9.17) is 22.7 Å². The third-order valence-electron chi connectivity index (χ3n) is 5.35. The van der Waals surface area contributed by atoms with E-state index in [1.807, 2.05) is 31.2 Å². The molecule has 0 fully saturated rings. The van der Waals surface area contributed by atoms with Gasteiger partial charge in [-0.1, -0.05) is 11.3 Å². The number of fused-ring (bicyclic) bond motifs is 1. The lowest BCUT2D eigenvalue weighted by Gasteiger charge is -2.12. The number of methoxy groups -OCH3 is 1. The highest BCUT2D eigenvalue weighted by atomic mass is 32.1. The smallest absolute Gasteiger partial charge is 0.270 e. The molecule has 0 aliphatic heterocycles. The van der Waals surface area contributed by atoms with Gasteiger partial charge < -0.3 is 21.1 Å². The van der Waals surface area contributed by atoms with Crippen LogP contribution in [0.3, 0.4) is 0 Å². The van der Waals surface area contributed by atoms with Crippen LogP contribution in [0.15, 0.2) is 24.3 Å². The lowest BCUT2D eigenvalue weighted by molar-refractivity contribution is 0.0956. The van der Waals surface area contributed by atoms with Gasteiger partial charge in [0.25, 0.3) is 11.8 Å². The van der Waals surface area contributed by atoms with Crippen LogP contribution in [-0.2, 0) is 12.8 Å². The van der Waals surface area contributed by atoms with Gasteiger partial charge in [0, 0.05) is 17.1 Å². The molecule has 1 aliphatic rings. The molecule has 10 heteroatoms. The maximum Gasteiger partial charge on any atom is 0.270 e. The number of amides is 2. The van der Waals surface area contributed by atoms with Crippen molar-refractivity contribution in [2.24, 2.45) is 0 Å². The van der Waals surface area contributed by atoms with Crippen LogP contribution in [0.4, 0.5) is 10.8 Å². The molecule has 0 unspecified atom stereocenters. The Bertz CT molecular complexity index is 1220. The lowest BCUT2D eigenvalue weighted by atomic mass is 9.95. The van der Waals surface area contributed by atoms with Crippen molar-refractivity contribution in [1.29, 1.82) is 0 Å². The molecular formula is C22H24N4O3S3. The number of nitrogens with zero attached hydrogens (tertiary/aromatic N) is 1. The van der Waals surface area contributed by atoms with Gasteiger partial charge in [-0.15, -0.1) is 11.3 Å². The fourth-order valence-electron chi connectivity index (χ4n) is 3.83. The van der Waals surface area contributed by atoms with Crippen LogP contribution >= 0.6 is 34.9 Å². The number of anilines is 2. The number of thiazole rings is 1. The van der Waals surface area contributed by atoms with Gasteiger partial charge in [-0.2, -0.15) is 0 Å². The SMILES string of the molecule is CCNC(=O)c1c(NC(=O)c2sc(=S)n(-c3ccc(OC)cc3)c2N)sc2c1CCCC2. The van der Waals surface area contributed by atoms with Gasteiger partial charge in [0.2, 0.25) is 0 Å². The number of carbonyl (C=O) groups is 2. The maximum absolute atomic E-state index is 13.2. The zero-order valence-electron chi connectivity index (χ0n) is 17.8. The predicted octanol–water partition coefficient (Wildman–Crippen LogP) is 4.80. The summed E-state index contributed by atoms with van der Waals surface area (Å²) in [6, 6.07) is 7.28. The van der Waals surface area contributed by atoms with E-state index in [9.17, 15) is 9.59 Å². The molecule has 4 rings (SSSR count). The van der Waals surface area contributed by atoms with Gasteiger partial charge in [0.15, 0.2) is 3.95 Å². The Morgan fingerprint density at radius 1 is 1.16 bits per heavy atom. The first-order chi connectivity index (χ1) is 15.4. The summed E-state index contributed by atoms with van der Waals surface area (Å²) in [5, 5.41) is 6.39. The Morgan fingerprint density at radius 2 is 1.88 bits per heavy atom. The second-order valence-electron chi connectivity index (χ2n) is 7.34. The van der Waals surface area contributed by atoms with E-state index >= 15 is 0 Å². The third-order valence-corrected chi connectivity index (χ3v) is 7.94. The number of thiophene rings is 1. The summed E-state index contributed by atoms with van der Waals surface area (Å²) in [4.78, 5) is 27.5. The second kappa shape index (κ2) is 9.43. The van der Waals surface area contributed by atoms with E-state index in [0.29, 0.717) is 31.7 Å². The molecule has 0 saturated heterocycles. The Labute approximate surface area is 199 Å². The first-order valence-corrected chi connectivity index (χ1v) is 12.4. The number of nitrogens with one attached hydrogen (secondary N) is 2. The predicted molar refractivity (Wildman–Crippen MR) is 132 cm³/mol. The molecule has 4 N–H and O–H groups in total. The largest absolute Gasteiger partial charge is 0.497 e. The van der Waals surface area contributed by atoms with Crippen molar-refractivity contribution in [2.45, 2.75) is 32.6 Å². The van der Waals surface area contributed by atoms with E-state index < -0.39 is 0 Å². The summed E-state index contributed by atoms with van der Waals surface area (Å²) in [7, 11) is 1.60. The molecule has 32 heavy (non-hydrogen) atoms. The highest BCUT2D eigenvalue weighted by molar-refractivity contribution is 7.73. The highest BCUT2D eigenvalue weighted by Crippen LogP contribution is 2.39. The van der Waals surface area contributed by atoms with Crippen LogP contribution in [-0.4, -0.2) is 30.0 Å². The van der Waals surface area contributed by atoms with Gasteiger partial charge in [0.1, 0.15) is 21.4 Å². The van der Waals surface area contributed by atoms with Crippen molar-refractivity contribution in [3.05, 3.63) is 49.1 Å². The van der Waals surface area contributed by atoms with Crippen molar-refractivity contribution in [1.82, 2.24) is 9.88 Å². The summed E-state index contributed by atoms with van der Waals surface area (Å²) >= 11 is 8.12. The minimum atomic E-state index is -0.366. The van der Waals surface area contributed by atoms with Gasteiger partial charge in [-0.3, -0.25) is 14.2 Å². The standard InChI is InChI=1S/C22H24N4O3S3/c1-3-24-19(27)16-14-6-4-5-7-15(14)31-21(16)25-20(28)17-18(23)26(22(30)32-17)12-8-10-13(29-2)11-9-12/h8-11H,3-7,23H2,1-2H3,(H,24,27)(H,25,28). The zero-order chi connectivity index (χ0) is 22.8. The van der Waals surface area contributed by atoms with E-state index in [0.717, 1.165) is 48.3 Å². The Balaban J connectivity index is 1.67. The molecule has 3 aromatic rings. The minimum Gasteiger partial charge on any atom is -0.497 e. The fourth-order valence-corrected chi connectivity index (χ4v) is 6.37. The summed E-state index contributed by atoms with van der Waals surface area (Å²) < 4.78 is 7.33. The van der Waals surface area contributed by atoms with Crippen LogP contribution < -0.4 is 21.1 Å². The lowest BCUT2D eigenvalue weighted by Crippen LogP contribution is -2.25. The molecule has 1 aliphatic carbocycles. The van der Waals surface area contributed by atoms with Gasteiger partial charge in [-0.25, -0.2) is 0 Å². The van der Waals surface area contributed by atoms with Crippen molar-refractivity contribution < 1.29 is 14.3 Å². The molecule has 0 saturated carbocycles. The van der Waals surface area contributed by atoms with E-state index in [2.05, 4.69) is 10.6 Å². The summed E-state index contributed by atoms with van der Waals surface area (Å²) in [6.07, 6.45) is 3.91. The fraction of sp³-hybridized carbons (Fsp3) is 0.318. The Hall–Kier alpha value is -2.69. The number of carbonyl (C=O) groups excluding carboxylic acids is 2. The average molecular weight is 489 g/mol. The molecule has 0 radical (unpaired) electrons. The average Bonchev–Trinajstić information content (AvgIpc) is 3.30. The molecule has 2 amide bonds. The van der Waals surface area contributed by atoms with Crippen LogP contribution in [0, 0.1) is 3.95 Å². The zero-order valence-corrected chi connectivity index (χ0v) is 20.3. The number of nitrogens with two attached hydrogens (primary N) is 1. The summed E-state index contributed by atoms with van der Waals surface area (Å²) in [5.74, 6) is 0.462. The molecule has 0 bridgehead atoms. The van der Waals surface area contributed by atoms with Crippen molar-refractivity contribution >= 4 is 57.5 Å². The number of hydrogen-bond acceptors (Lipinski definition) is 7. The number of ether oxygens (including phenoxy) is 1. The van der Waals surface area contributed by atoms with E-state index in [1.54, 1.807) is 11.7 Å². The quantitative estimate of drug-likeness (QED) is 0.433. The molecular weight excluding hydrogens is 464 g/mol. The number of hydrogen-bond donors (Lipinski definition) is 3. The molecule has 7 nitrogen and oxygen atoms in total. The molecule has 0 atom stereocenters. The minimum absolute atomic E-state index is 0.154. The second-order valence-corrected chi connectivity index (χ2v) is 10.1. The topological polar surface area (TPSA) is 98.4 Å². The number of benzene rings is 1. The Kier molecular flexibility index (Phi) is 6.63. The van der Waals surface area contributed by atoms with Crippen molar-refractivity contribution in [3.8, 4) is 11.4 Å². The van der Waals surface area contributed by atoms with Crippen LogP contribution in [0.5, 0.6) is 5.75 Å². The van der Waals surface area contributed by atoms with E-state index in [-0.39, 0.29) is 17.6 Å². The molecule has 2 heterocycles. The van der Waals surface area contributed by atoms with Gasteiger partial charge in [-0.05, 0) is 74.7 Å². The first kappa shape index (κ1) is 22.5. The van der Waals surface area contributed by atoms with Gasteiger partial charge in [0.05, 0.1) is 12.7 Å². The first-order valence-electron chi connectivity index (χ1n) is 10.3. The van der Waals surface area contributed by atoms with Crippen LogP contribution in [0.25, 0.3) is 5.69 Å². The molecule has 2 aromatic heterocycles.